The summed E-state index contributed by atoms with van der Waals surface area (Å²) < 4.78 is 39.8. The molecule has 3 rings (SSSR count). The van der Waals surface area contributed by atoms with Gasteiger partial charge in [0.1, 0.15) is 5.82 Å². The van der Waals surface area contributed by atoms with Gasteiger partial charge in [0.05, 0.1) is 16.2 Å². The number of rotatable bonds is 5. The SMILES string of the molecule is O=C(Cc1ccc([N+](=O)[O-])cc1)N1CCN(S(=O)(=O)c2cccc(F)c2)CC1. The second kappa shape index (κ2) is 8.03. The van der Waals surface area contributed by atoms with Crippen molar-refractivity contribution in [3.63, 3.8) is 0 Å². The van der Waals surface area contributed by atoms with E-state index < -0.39 is 20.8 Å². The summed E-state index contributed by atoms with van der Waals surface area (Å²) in [4.78, 5) is 24.0. The number of non-ortho nitro benzene ring substituents is 1. The summed E-state index contributed by atoms with van der Waals surface area (Å²) in [6.07, 6.45) is 0.0780. The van der Waals surface area contributed by atoms with Gasteiger partial charge >= 0.3 is 0 Å². The first-order chi connectivity index (χ1) is 13.3. The van der Waals surface area contributed by atoms with Crippen LogP contribution in [0, 0.1) is 15.9 Å². The van der Waals surface area contributed by atoms with E-state index in [1.807, 2.05) is 0 Å². The molecule has 0 aliphatic carbocycles. The lowest BCUT2D eigenvalue weighted by molar-refractivity contribution is -0.384. The third-order valence-electron chi connectivity index (χ3n) is 4.53. The number of nitro groups is 1. The molecular formula is C18H18FN3O5S. The van der Waals surface area contributed by atoms with Gasteiger partial charge in [0.15, 0.2) is 0 Å². The van der Waals surface area contributed by atoms with Gasteiger partial charge in [-0.25, -0.2) is 12.8 Å². The number of nitro benzene ring substituents is 1. The molecule has 1 heterocycles. The van der Waals surface area contributed by atoms with Crippen molar-refractivity contribution in [2.45, 2.75) is 11.3 Å². The summed E-state index contributed by atoms with van der Waals surface area (Å²) in [5.41, 5.74) is 0.595. The van der Waals surface area contributed by atoms with E-state index in [2.05, 4.69) is 0 Å². The number of hydrogen-bond donors (Lipinski definition) is 0. The van der Waals surface area contributed by atoms with Crippen molar-refractivity contribution in [1.29, 1.82) is 0 Å². The van der Waals surface area contributed by atoms with Crippen LogP contribution in [0.3, 0.4) is 0 Å². The summed E-state index contributed by atoms with van der Waals surface area (Å²) in [5, 5.41) is 10.7. The predicted octanol–water partition coefficient (Wildman–Crippen LogP) is 1.81. The minimum Gasteiger partial charge on any atom is -0.340 e. The Labute approximate surface area is 161 Å². The van der Waals surface area contributed by atoms with Gasteiger partial charge in [-0.15, -0.1) is 0 Å². The highest BCUT2D eigenvalue weighted by atomic mass is 32.2. The monoisotopic (exact) mass is 407 g/mol. The Balaban J connectivity index is 1.60. The number of hydrogen-bond acceptors (Lipinski definition) is 5. The number of benzene rings is 2. The summed E-state index contributed by atoms with van der Waals surface area (Å²) in [6, 6.07) is 10.6. The summed E-state index contributed by atoms with van der Waals surface area (Å²) in [5.74, 6) is -0.811. The highest BCUT2D eigenvalue weighted by molar-refractivity contribution is 7.89. The minimum atomic E-state index is -3.81. The third-order valence-corrected chi connectivity index (χ3v) is 6.42. The van der Waals surface area contributed by atoms with Gasteiger partial charge in [-0.1, -0.05) is 18.2 Å². The van der Waals surface area contributed by atoms with Crippen LogP contribution < -0.4 is 0 Å². The molecule has 10 heteroatoms. The van der Waals surface area contributed by atoms with Crippen LogP contribution in [0.4, 0.5) is 10.1 Å². The molecule has 0 aromatic heterocycles. The topological polar surface area (TPSA) is 101 Å². The van der Waals surface area contributed by atoms with Crippen molar-refractivity contribution in [3.05, 3.63) is 70.0 Å². The molecule has 8 nitrogen and oxygen atoms in total. The lowest BCUT2D eigenvalue weighted by atomic mass is 10.1. The lowest BCUT2D eigenvalue weighted by Crippen LogP contribution is -2.50. The Morgan fingerprint density at radius 1 is 1.07 bits per heavy atom. The lowest BCUT2D eigenvalue weighted by Gasteiger charge is -2.34. The number of amides is 1. The van der Waals surface area contributed by atoms with E-state index in [4.69, 9.17) is 0 Å². The molecule has 1 saturated heterocycles. The van der Waals surface area contributed by atoms with E-state index in [1.165, 1.54) is 46.8 Å². The van der Waals surface area contributed by atoms with Crippen molar-refractivity contribution in [3.8, 4) is 0 Å². The molecule has 0 unspecified atom stereocenters. The van der Waals surface area contributed by atoms with E-state index in [0.29, 0.717) is 5.56 Å². The van der Waals surface area contributed by atoms with Crippen LogP contribution in [0.5, 0.6) is 0 Å². The van der Waals surface area contributed by atoms with Crippen LogP contribution in [0.15, 0.2) is 53.4 Å². The molecular weight excluding hydrogens is 389 g/mol. The van der Waals surface area contributed by atoms with Gasteiger partial charge in [-0.2, -0.15) is 4.31 Å². The Bertz CT molecular complexity index is 987. The zero-order valence-electron chi connectivity index (χ0n) is 14.8. The molecule has 0 atom stereocenters. The first kappa shape index (κ1) is 19.9. The third kappa shape index (κ3) is 4.34. The van der Waals surface area contributed by atoms with Crippen LogP contribution >= 0.6 is 0 Å². The van der Waals surface area contributed by atoms with Crippen molar-refractivity contribution in [2.75, 3.05) is 26.2 Å². The van der Waals surface area contributed by atoms with Gasteiger partial charge < -0.3 is 4.90 Å². The second-order valence-corrected chi connectivity index (χ2v) is 8.28. The van der Waals surface area contributed by atoms with Crippen molar-refractivity contribution in [2.24, 2.45) is 0 Å². The van der Waals surface area contributed by atoms with E-state index >= 15 is 0 Å². The van der Waals surface area contributed by atoms with Crippen LogP contribution in [-0.2, 0) is 21.2 Å². The zero-order valence-corrected chi connectivity index (χ0v) is 15.6. The largest absolute Gasteiger partial charge is 0.340 e. The molecule has 0 spiro atoms. The Hall–Kier alpha value is -2.85. The normalized spacial score (nSPS) is 15.4. The van der Waals surface area contributed by atoms with Gasteiger partial charge in [-0.3, -0.25) is 14.9 Å². The Kier molecular flexibility index (Phi) is 5.71. The predicted molar refractivity (Wildman–Crippen MR) is 98.5 cm³/mol. The van der Waals surface area contributed by atoms with Gasteiger partial charge in [0, 0.05) is 38.3 Å². The first-order valence-electron chi connectivity index (χ1n) is 8.54. The number of carbonyl (C=O) groups is 1. The Morgan fingerprint density at radius 2 is 1.71 bits per heavy atom. The smallest absolute Gasteiger partial charge is 0.269 e. The van der Waals surface area contributed by atoms with Crippen LogP contribution in [0.2, 0.25) is 0 Å². The van der Waals surface area contributed by atoms with E-state index in [-0.39, 0.29) is 49.1 Å². The average Bonchev–Trinajstić information content (AvgIpc) is 2.68. The summed E-state index contributed by atoms with van der Waals surface area (Å²) >= 11 is 0. The molecule has 1 amide bonds. The first-order valence-corrected chi connectivity index (χ1v) is 9.98. The molecule has 0 saturated carbocycles. The molecule has 0 bridgehead atoms. The van der Waals surface area contributed by atoms with Gasteiger partial charge in [0.2, 0.25) is 15.9 Å². The fraction of sp³-hybridized carbons (Fsp3) is 0.278. The number of carbonyl (C=O) groups excluding carboxylic acids is 1. The number of piperazine rings is 1. The van der Waals surface area contributed by atoms with E-state index in [1.54, 1.807) is 4.90 Å². The molecule has 2 aromatic carbocycles. The number of nitrogens with zero attached hydrogens (tertiary/aromatic N) is 3. The van der Waals surface area contributed by atoms with Crippen molar-refractivity contribution in [1.82, 2.24) is 9.21 Å². The quantitative estimate of drug-likeness (QED) is 0.556. The Morgan fingerprint density at radius 3 is 2.29 bits per heavy atom. The van der Waals surface area contributed by atoms with Gasteiger partial charge in [-0.05, 0) is 23.8 Å². The highest BCUT2D eigenvalue weighted by Gasteiger charge is 2.30. The maximum absolute atomic E-state index is 13.3. The summed E-state index contributed by atoms with van der Waals surface area (Å²) in [6.45, 7) is 0.677. The molecule has 0 N–H and O–H groups in total. The highest BCUT2D eigenvalue weighted by Crippen LogP contribution is 2.19. The molecule has 1 aliphatic heterocycles. The molecule has 2 aromatic rings. The standard InChI is InChI=1S/C18H18FN3O5S/c19-15-2-1-3-17(13-15)28(26,27)21-10-8-20(9-11-21)18(23)12-14-4-6-16(7-5-14)22(24)25/h1-7,13H,8-12H2. The van der Waals surface area contributed by atoms with E-state index in [9.17, 15) is 27.7 Å². The van der Waals surface area contributed by atoms with Crippen LogP contribution in [0.25, 0.3) is 0 Å². The van der Waals surface area contributed by atoms with Crippen LogP contribution in [0.1, 0.15) is 5.56 Å². The number of sulfonamides is 1. The van der Waals surface area contributed by atoms with Crippen LogP contribution in [-0.4, -0.2) is 54.6 Å². The van der Waals surface area contributed by atoms with E-state index in [0.717, 1.165) is 6.07 Å². The molecule has 0 radical (unpaired) electrons. The fourth-order valence-electron chi connectivity index (χ4n) is 2.98. The number of halogens is 1. The molecule has 1 fully saturated rings. The molecule has 1 aliphatic rings. The maximum Gasteiger partial charge on any atom is 0.269 e. The summed E-state index contributed by atoms with van der Waals surface area (Å²) in [7, 11) is -3.81. The van der Waals surface area contributed by atoms with Gasteiger partial charge in [0.25, 0.3) is 5.69 Å². The zero-order chi connectivity index (χ0) is 20.3. The van der Waals surface area contributed by atoms with Crippen molar-refractivity contribution >= 4 is 21.6 Å². The minimum absolute atomic E-state index is 0.0487. The molecule has 28 heavy (non-hydrogen) atoms. The second-order valence-electron chi connectivity index (χ2n) is 6.34. The molecule has 148 valence electrons. The average molecular weight is 407 g/mol. The van der Waals surface area contributed by atoms with Crippen molar-refractivity contribution < 1.29 is 22.5 Å². The maximum atomic E-state index is 13.3. The fourth-order valence-corrected chi connectivity index (χ4v) is 4.43.